The molecular formula is C10H17NO. The molecular weight excluding hydrogens is 150 g/mol. The van der Waals surface area contributed by atoms with Gasteiger partial charge in [0.25, 0.3) is 0 Å². The van der Waals surface area contributed by atoms with Gasteiger partial charge in [0.05, 0.1) is 13.2 Å². The summed E-state index contributed by atoms with van der Waals surface area (Å²) in [6.07, 6.45) is 4.87. The van der Waals surface area contributed by atoms with E-state index in [1.165, 1.54) is 12.8 Å². The summed E-state index contributed by atoms with van der Waals surface area (Å²) in [6, 6.07) is 0.833. The van der Waals surface area contributed by atoms with Crippen LogP contribution in [0.1, 0.15) is 19.8 Å². The lowest BCUT2D eigenvalue weighted by Crippen LogP contribution is -2.47. The van der Waals surface area contributed by atoms with Crippen molar-refractivity contribution in [2.75, 3.05) is 26.3 Å². The van der Waals surface area contributed by atoms with Crippen LogP contribution in [-0.4, -0.2) is 37.2 Å². The van der Waals surface area contributed by atoms with Crippen LogP contribution in [0.25, 0.3) is 0 Å². The van der Waals surface area contributed by atoms with Gasteiger partial charge in [-0.1, -0.05) is 11.6 Å². The van der Waals surface area contributed by atoms with E-state index in [9.17, 15) is 0 Å². The van der Waals surface area contributed by atoms with Crippen LogP contribution in [0.5, 0.6) is 0 Å². The Morgan fingerprint density at radius 3 is 2.58 bits per heavy atom. The van der Waals surface area contributed by atoms with Crippen molar-refractivity contribution in [2.24, 2.45) is 0 Å². The maximum absolute atomic E-state index is 5.32. The van der Waals surface area contributed by atoms with E-state index >= 15 is 0 Å². The Hall–Kier alpha value is -0.340. The van der Waals surface area contributed by atoms with Crippen molar-refractivity contribution in [3.8, 4) is 0 Å². The van der Waals surface area contributed by atoms with Crippen molar-refractivity contribution >= 4 is 0 Å². The zero-order chi connectivity index (χ0) is 8.39. The van der Waals surface area contributed by atoms with Crippen molar-refractivity contribution in [1.82, 2.24) is 4.90 Å². The molecule has 0 aromatic heterocycles. The van der Waals surface area contributed by atoms with E-state index in [1.54, 1.807) is 5.57 Å². The van der Waals surface area contributed by atoms with Crippen LogP contribution < -0.4 is 0 Å². The van der Waals surface area contributed by atoms with Crippen LogP contribution in [-0.2, 0) is 4.74 Å². The maximum Gasteiger partial charge on any atom is 0.0594 e. The molecule has 0 bridgehead atoms. The second-order valence-corrected chi connectivity index (χ2v) is 3.66. The summed E-state index contributed by atoms with van der Waals surface area (Å²) in [5.41, 5.74) is 1.63. The molecule has 68 valence electrons. The van der Waals surface area contributed by atoms with Crippen molar-refractivity contribution in [2.45, 2.75) is 25.8 Å². The van der Waals surface area contributed by atoms with E-state index in [4.69, 9.17) is 4.74 Å². The number of ether oxygens (including phenoxy) is 1. The molecule has 0 N–H and O–H groups in total. The van der Waals surface area contributed by atoms with Gasteiger partial charge >= 0.3 is 0 Å². The molecule has 0 unspecified atom stereocenters. The van der Waals surface area contributed by atoms with Crippen LogP contribution in [0.15, 0.2) is 11.6 Å². The summed E-state index contributed by atoms with van der Waals surface area (Å²) < 4.78 is 5.32. The maximum atomic E-state index is 5.32. The van der Waals surface area contributed by atoms with Gasteiger partial charge in [-0.2, -0.15) is 0 Å². The van der Waals surface area contributed by atoms with Crippen LogP contribution >= 0.6 is 0 Å². The van der Waals surface area contributed by atoms with Crippen molar-refractivity contribution in [3.63, 3.8) is 0 Å². The minimum absolute atomic E-state index is 0.833. The summed E-state index contributed by atoms with van der Waals surface area (Å²) >= 11 is 0. The van der Waals surface area contributed by atoms with Gasteiger partial charge in [0.2, 0.25) is 0 Å². The fraction of sp³-hybridized carbons (Fsp3) is 0.800. The van der Waals surface area contributed by atoms with E-state index in [0.717, 1.165) is 32.3 Å². The van der Waals surface area contributed by atoms with Gasteiger partial charge in [0, 0.05) is 19.1 Å². The number of allylic oxidation sites excluding steroid dienone is 1. The largest absolute Gasteiger partial charge is 0.379 e. The molecule has 0 aromatic carbocycles. The lowest BCUT2D eigenvalue weighted by atomic mass is 9.85. The lowest BCUT2D eigenvalue weighted by molar-refractivity contribution is 0.00827. The Morgan fingerprint density at radius 1 is 1.33 bits per heavy atom. The fourth-order valence-electron chi connectivity index (χ4n) is 1.98. The molecule has 2 rings (SSSR count). The Balaban J connectivity index is 1.79. The van der Waals surface area contributed by atoms with Gasteiger partial charge in [0.1, 0.15) is 0 Å². The molecule has 1 aliphatic carbocycles. The van der Waals surface area contributed by atoms with Gasteiger partial charge in [0.15, 0.2) is 0 Å². The zero-order valence-corrected chi connectivity index (χ0v) is 7.75. The van der Waals surface area contributed by atoms with Gasteiger partial charge in [-0.3, -0.25) is 4.90 Å². The first-order valence-electron chi connectivity index (χ1n) is 4.86. The second kappa shape index (κ2) is 3.58. The molecule has 2 nitrogen and oxygen atoms in total. The minimum Gasteiger partial charge on any atom is -0.379 e. The number of nitrogens with zero attached hydrogens (tertiary/aromatic N) is 1. The Morgan fingerprint density at radius 2 is 2.00 bits per heavy atom. The van der Waals surface area contributed by atoms with Gasteiger partial charge < -0.3 is 4.74 Å². The first-order chi connectivity index (χ1) is 5.90. The second-order valence-electron chi connectivity index (χ2n) is 3.66. The van der Waals surface area contributed by atoms with Crippen LogP contribution in [0.2, 0.25) is 0 Å². The number of rotatable bonds is 1. The topological polar surface area (TPSA) is 12.5 Å². The van der Waals surface area contributed by atoms with Crippen LogP contribution in [0.3, 0.4) is 0 Å². The molecule has 2 fully saturated rings. The summed E-state index contributed by atoms with van der Waals surface area (Å²) in [4.78, 5) is 2.57. The predicted molar refractivity (Wildman–Crippen MR) is 49.2 cm³/mol. The van der Waals surface area contributed by atoms with E-state index in [-0.39, 0.29) is 0 Å². The molecule has 0 aromatic rings. The van der Waals surface area contributed by atoms with Crippen molar-refractivity contribution in [1.29, 1.82) is 0 Å². The third-order valence-corrected chi connectivity index (χ3v) is 2.97. The molecule has 1 heterocycles. The average molecular weight is 167 g/mol. The molecule has 0 atom stereocenters. The van der Waals surface area contributed by atoms with E-state index in [1.807, 2.05) is 0 Å². The molecule has 2 aliphatic rings. The summed E-state index contributed by atoms with van der Waals surface area (Å²) in [5, 5.41) is 0. The zero-order valence-electron chi connectivity index (χ0n) is 7.75. The van der Waals surface area contributed by atoms with Crippen LogP contribution in [0.4, 0.5) is 0 Å². The van der Waals surface area contributed by atoms with E-state index < -0.39 is 0 Å². The highest BCUT2D eigenvalue weighted by atomic mass is 16.5. The highest BCUT2D eigenvalue weighted by Gasteiger charge is 2.28. The van der Waals surface area contributed by atoms with Crippen LogP contribution in [0, 0.1) is 0 Å². The van der Waals surface area contributed by atoms with E-state index in [0.29, 0.717) is 0 Å². The molecule has 1 aliphatic heterocycles. The van der Waals surface area contributed by atoms with Gasteiger partial charge in [-0.25, -0.2) is 0 Å². The molecule has 0 spiro atoms. The number of morpholine rings is 1. The average Bonchev–Trinajstić information content (AvgIpc) is 2.04. The lowest BCUT2D eigenvalue weighted by Gasteiger charge is -2.41. The van der Waals surface area contributed by atoms with Gasteiger partial charge in [-0.05, 0) is 19.8 Å². The molecule has 0 amide bonds. The van der Waals surface area contributed by atoms with E-state index in [2.05, 4.69) is 17.9 Å². The molecule has 1 saturated carbocycles. The first kappa shape index (κ1) is 8.27. The standard InChI is InChI=1S/C10H17NO/c1-2-9-7-10(8-9)11-3-5-12-6-4-11/h2,10H,3-8H2,1H3. The quantitative estimate of drug-likeness (QED) is 0.548. The van der Waals surface area contributed by atoms with Crippen molar-refractivity contribution in [3.05, 3.63) is 11.6 Å². The van der Waals surface area contributed by atoms with Crippen molar-refractivity contribution < 1.29 is 4.74 Å². The molecule has 2 heteroatoms. The first-order valence-corrected chi connectivity index (χ1v) is 4.86. The SMILES string of the molecule is CC=C1CC(N2CCOCC2)C1. The Kier molecular flexibility index (Phi) is 2.47. The Labute approximate surface area is 74.2 Å². The Bertz CT molecular complexity index is 174. The highest BCUT2D eigenvalue weighted by Crippen LogP contribution is 2.30. The fourth-order valence-corrected chi connectivity index (χ4v) is 1.98. The highest BCUT2D eigenvalue weighted by molar-refractivity contribution is 5.15. The molecule has 1 saturated heterocycles. The predicted octanol–water partition coefficient (Wildman–Crippen LogP) is 1.43. The third kappa shape index (κ3) is 1.54. The normalized spacial score (nSPS) is 31.4. The minimum atomic E-state index is 0.833. The summed E-state index contributed by atoms with van der Waals surface area (Å²) in [6.45, 7) is 6.29. The monoisotopic (exact) mass is 167 g/mol. The number of hydrogen-bond donors (Lipinski definition) is 0. The summed E-state index contributed by atoms with van der Waals surface area (Å²) in [5.74, 6) is 0. The third-order valence-electron chi connectivity index (χ3n) is 2.97. The van der Waals surface area contributed by atoms with Gasteiger partial charge in [-0.15, -0.1) is 0 Å². The molecule has 0 radical (unpaired) electrons. The molecule has 12 heavy (non-hydrogen) atoms. The summed E-state index contributed by atoms with van der Waals surface area (Å²) in [7, 11) is 0. The smallest absolute Gasteiger partial charge is 0.0594 e. The number of hydrogen-bond acceptors (Lipinski definition) is 2.